The zero-order valence-electron chi connectivity index (χ0n) is 13.7. The van der Waals surface area contributed by atoms with Crippen LogP contribution >= 0.6 is 23.7 Å². The maximum Gasteiger partial charge on any atom is 0.208 e. The predicted molar refractivity (Wildman–Crippen MR) is 97.8 cm³/mol. The highest BCUT2D eigenvalue weighted by Gasteiger charge is 2.19. The van der Waals surface area contributed by atoms with Crippen molar-refractivity contribution in [3.8, 4) is 0 Å². The molecule has 0 spiro atoms. The molecule has 0 aliphatic carbocycles. The van der Waals surface area contributed by atoms with Gasteiger partial charge in [0.15, 0.2) is 0 Å². The van der Waals surface area contributed by atoms with E-state index in [9.17, 15) is 8.42 Å². The van der Waals surface area contributed by atoms with E-state index >= 15 is 0 Å². The summed E-state index contributed by atoms with van der Waals surface area (Å²) in [4.78, 5) is 8.06. The summed E-state index contributed by atoms with van der Waals surface area (Å²) in [5.74, 6) is 0.691. The molecule has 1 atom stereocenters. The Kier molecular flexibility index (Phi) is 8.95. The Morgan fingerprint density at radius 1 is 1.52 bits per heavy atom. The molecule has 2 N–H and O–H groups in total. The molecule has 1 aromatic rings. The molecule has 1 aliphatic heterocycles. The SMILES string of the molecule is Cc1ncsc1CN(CCCNS(C)(=O)=O)CC1CCNC1.Cl. The van der Waals surface area contributed by atoms with Crippen molar-refractivity contribution in [1.29, 1.82) is 0 Å². The summed E-state index contributed by atoms with van der Waals surface area (Å²) in [6, 6.07) is 0. The van der Waals surface area contributed by atoms with E-state index in [0.29, 0.717) is 12.5 Å². The predicted octanol–water partition coefficient (Wildman–Crippen LogP) is 1.22. The van der Waals surface area contributed by atoms with Gasteiger partial charge < -0.3 is 5.32 Å². The number of nitrogens with zero attached hydrogens (tertiary/aromatic N) is 2. The van der Waals surface area contributed by atoms with Crippen molar-refractivity contribution in [3.05, 3.63) is 16.1 Å². The number of sulfonamides is 1. The lowest BCUT2D eigenvalue weighted by atomic mass is 10.1. The molecule has 23 heavy (non-hydrogen) atoms. The second kappa shape index (κ2) is 9.90. The van der Waals surface area contributed by atoms with Gasteiger partial charge in [-0.2, -0.15) is 0 Å². The van der Waals surface area contributed by atoms with E-state index in [0.717, 1.165) is 44.8 Å². The number of nitrogens with one attached hydrogen (secondary N) is 2. The Hall–Kier alpha value is -0.250. The second-order valence-electron chi connectivity index (χ2n) is 5.97. The Bertz CT molecular complexity index is 559. The topological polar surface area (TPSA) is 74.3 Å². The maximum absolute atomic E-state index is 11.1. The van der Waals surface area contributed by atoms with Crippen molar-refractivity contribution in [2.24, 2.45) is 5.92 Å². The fourth-order valence-electron chi connectivity index (χ4n) is 2.71. The van der Waals surface area contributed by atoms with Crippen LogP contribution in [0.25, 0.3) is 0 Å². The van der Waals surface area contributed by atoms with E-state index in [1.54, 1.807) is 11.3 Å². The third kappa shape index (κ3) is 7.91. The number of rotatable bonds is 9. The highest BCUT2D eigenvalue weighted by atomic mass is 35.5. The van der Waals surface area contributed by atoms with Gasteiger partial charge in [-0.1, -0.05) is 0 Å². The fourth-order valence-corrected chi connectivity index (χ4v) is 4.05. The van der Waals surface area contributed by atoms with E-state index in [4.69, 9.17) is 0 Å². The molecule has 2 rings (SSSR count). The van der Waals surface area contributed by atoms with Crippen LogP contribution in [0.2, 0.25) is 0 Å². The van der Waals surface area contributed by atoms with Crippen molar-refractivity contribution in [1.82, 2.24) is 19.9 Å². The number of hydrogen-bond acceptors (Lipinski definition) is 6. The molecule has 0 radical (unpaired) electrons. The Balaban J connectivity index is 0.00000264. The molecule has 134 valence electrons. The lowest BCUT2D eigenvalue weighted by molar-refractivity contribution is 0.228. The zero-order valence-corrected chi connectivity index (χ0v) is 16.2. The monoisotopic (exact) mass is 382 g/mol. The first kappa shape index (κ1) is 20.8. The van der Waals surface area contributed by atoms with Gasteiger partial charge >= 0.3 is 0 Å². The molecular weight excluding hydrogens is 356 g/mol. The van der Waals surface area contributed by atoms with Crippen LogP contribution in [-0.4, -0.2) is 57.3 Å². The highest BCUT2D eigenvalue weighted by Crippen LogP contribution is 2.18. The Morgan fingerprint density at radius 2 is 2.30 bits per heavy atom. The molecule has 2 heterocycles. The van der Waals surface area contributed by atoms with Gasteiger partial charge in [0, 0.05) is 24.5 Å². The van der Waals surface area contributed by atoms with Crippen LogP contribution in [0.15, 0.2) is 5.51 Å². The minimum Gasteiger partial charge on any atom is -0.316 e. The van der Waals surface area contributed by atoms with E-state index in [2.05, 4.69) is 19.9 Å². The van der Waals surface area contributed by atoms with Crippen LogP contribution < -0.4 is 10.0 Å². The smallest absolute Gasteiger partial charge is 0.208 e. The third-order valence-electron chi connectivity index (χ3n) is 3.91. The van der Waals surface area contributed by atoms with Crippen LogP contribution in [0.4, 0.5) is 0 Å². The van der Waals surface area contributed by atoms with E-state index < -0.39 is 10.0 Å². The van der Waals surface area contributed by atoms with E-state index in [1.807, 2.05) is 12.4 Å². The Labute approximate surface area is 149 Å². The first-order chi connectivity index (χ1) is 10.4. The van der Waals surface area contributed by atoms with Gasteiger partial charge in [-0.15, -0.1) is 23.7 Å². The van der Waals surface area contributed by atoms with Gasteiger partial charge in [0.05, 0.1) is 17.5 Å². The van der Waals surface area contributed by atoms with Crippen molar-refractivity contribution in [2.45, 2.75) is 26.3 Å². The molecule has 1 saturated heterocycles. The van der Waals surface area contributed by atoms with Gasteiger partial charge in [-0.25, -0.2) is 18.1 Å². The van der Waals surface area contributed by atoms with Crippen molar-refractivity contribution >= 4 is 33.8 Å². The third-order valence-corrected chi connectivity index (χ3v) is 5.55. The fraction of sp³-hybridized carbons (Fsp3) is 0.786. The van der Waals surface area contributed by atoms with Gasteiger partial charge in [0.2, 0.25) is 10.0 Å². The van der Waals surface area contributed by atoms with E-state index in [1.165, 1.54) is 17.6 Å². The van der Waals surface area contributed by atoms with Crippen LogP contribution in [0.3, 0.4) is 0 Å². The molecule has 1 aliphatic rings. The molecule has 6 nitrogen and oxygen atoms in total. The molecule has 1 unspecified atom stereocenters. The second-order valence-corrected chi connectivity index (χ2v) is 8.75. The summed E-state index contributed by atoms with van der Waals surface area (Å²) in [5, 5.41) is 3.41. The average Bonchev–Trinajstić information content (AvgIpc) is 3.06. The number of hydrogen-bond donors (Lipinski definition) is 2. The molecule has 0 bridgehead atoms. The minimum absolute atomic E-state index is 0. The average molecular weight is 383 g/mol. The standard InChI is InChI=1S/C14H26N4O2S2.ClH/c1-12-14(21-11-16-12)10-18(9-13-4-6-15-8-13)7-3-5-17-22(2,19)20;/h11,13,15,17H,3-10H2,1-2H3;1H. The quantitative estimate of drug-likeness (QED) is 0.628. The van der Waals surface area contributed by atoms with Crippen molar-refractivity contribution in [2.75, 3.05) is 39.0 Å². The minimum atomic E-state index is -3.09. The first-order valence-electron chi connectivity index (χ1n) is 7.70. The lowest BCUT2D eigenvalue weighted by Crippen LogP contribution is -2.33. The number of aryl methyl sites for hydroxylation is 1. The number of halogens is 1. The normalized spacial score (nSPS) is 18.3. The summed E-state index contributed by atoms with van der Waals surface area (Å²) < 4.78 is 24.8. The van der Waals surface area contributed by atoms with Gasteiger partial charge in [0.1, 0.15) is 0 Å². The molecule has 0 aromatic carbocycles. The molecule has 0 saturated carbocycles. The molecule has 9 heteroatoms. The number of thiazole rings is 1. The molecule has 0 amide bonds. The lowest BCUT2D eigenvalue weighted by Gasteiger charge is -2.25. The maximum atomic E-state index is 11.1. The zero-order chi connectivity index (χ0) is 16.0. The summed E-state index contributed by atoms with van der Waals surface area (Å²) >= 11 is 1.70. The number of aromatic nitrogens is 1. The summed E-state index contributed by atoms with van der Waals surface area (Å²) in [6.45, 7) is 7.60. The molecule has 1 fully saturated rings. The van der Waals surface area contributed by atoms with Gasteiger partial charge in [0.25, 0.3) is 0 Å². The van der Waals surface area contributed by atoms with Gasteiger partial charge in [-0.3, -0.25) is 4.90 Å². The van der Waals surface area contributed by atoms with Crippen LogP contribution in [0, 0.1) is 12.8 Å². The summed E-state index contributed by atoms with van der Waals surface area (Å²) in [5.41, 5.74) is 3.00. The van der Waals surface area contributed by atoms with Crippen molar-refractivity contribution in [3.63, 3.8) is 0 Å². The largest absolute Gasteiger partial charge is 0.316 e. The van der Waals surface area contributed by atoms with Crippen LogP contribution in [-0.2, 0) is 16.6 Å². The molecule has 1 aromatic heterocycles. The highest BCUT2D eigenvalue weighted by molar-refractivity contribution is 7.88. The first-order valence-corrected chi connectivity index (χ1v) is 10.5. The van der Waals surface area contributed by atoms with Gasteiger partial charge in [-0.05, 0) is 45.3 Å². The van der Waals surface area contributed by atoms with Crippen LogP contribution in [0.5, 0.6) is 0 Å². The van der Waals surface area contributed by atoms with Crippen LogP contribution in [0.1, 0.15) is 23.4 Å². The summed E-state index contributed by atoms with van der Waals surface area (Å²) in [6.07, 6.45) is 3.25. The molecular formula is C14H27ClN4O2S2. The van der Waals surface area contributed by atoms with Crippen molar-refractivity contribution < 1.29 is 8.42 Å². The summed E-state index contributed by atoms with van der Waals surface area (Å²) in [7, 11) is -3.09. The Morgan fingerprint density at radius 3 is 2.87 bits per heavy atom. The van der Waals surface area contributed by atoms with E-state index in [-0.39, 0.29) is 12.4 Å².